The number of nitrogens with one attached hydrogen (secondary N) is 2. The van der Waals surface area contributed by atoms with Gasteiger partial charge >= 0.3 is 0 Å². The molecule has 2 rings (SSSR count). The average Bonchev–Trinajstić information content (AvgIpc) is 2.33. The average molecular weight is 240 g/mol. The number of anilines is 1. The van der Waals surface area contributed by atoms with E-state index in [0.717, 1.165) is 25.9 Å². The van der Waals surface area contributed by atoms with Gasteiger partial charge in [-0.1, -0.05) is 11.6 Å². The Labute approximate surface area is 99.4 Å². The molecule has 1 aliphatic heterocycles. The number of halogens is 1. The number of nitrogens with zero attached hydrogens (tertiary/aromatic N) is 1. The third-order valence-electron chi connectivity index (χ3n) is 2.68. The molecule has 0 saturated carbocycles. The molecule has 1 amide bonds. The standard InChI is InChI=1S/C11H14ClN3O/c12-10-9(4-2-6-14-10)15-11(16)8-3-1-5-13-7-8/h2,4,6,8,13H,1,3,5,7H2,(H,15,16)/t8-/m1/s1. The van der Waals surface area contributed by atoms with Crippen molar-refractivity contribution in [3.05, 3.63) is 23.5 Å². The summed E-state index contributed by atoms with van der Waals surface area (Å²) in [6, 6.07) is 3.50. The molecule has 1 aliphatic rings. The van der Waals surface area contributed by atoms with E-state index in [-0.39, 0.29) is 11.8 Å². The van der Waals surface area contributed by atoms with Crippen LogP contribution in [-0.2, 0) is 4.79 Å². The van der Waals surface area contributed by atoms with Gasteiger partial charge in [0.05, 0.1) is 11.6 Å². The number of aromatic nitrogens is 1. The van der Waals surface area contributed by atoms with E-state index >= 15 is 0 Å². The first-order valence-electron chi connectivity index (χ1n) is 5.39. The van der Waals surface area contributed by atoms with Crippen LogP contribution in [0.5, 0.6) is 0 Å². The van der Waals surface area contributed by atoms with Gasteiger partial charge in [-0.05, 0) is 31.5 Å². The Morgan fingerprint density at radius 2 is 2.50 bits per heavy atom. The number of carbonyl (C=O) groups is 1. The van der Waals surface area contributed by atoms with Gasteiger partial charge in [-0.15, -0.1) is 0 Å². The van der Waals surface area contributed by atoms with Crippen molar-refractivity contribution < 1.29 is 4.79 Å². The number of amides is 1. The molecule has 0 radical (unpaired) electrons. The van der Waals surface area contributed by atoms with E-state index in [4.69, 9.17) is 11.6 Å². The van der Waals surface area contributed by atoms with E-state index < -0.39 is 0 Å². The molecule has 0 aromatic carbocycles. The molecule has 2 N–H and O–H groups in total. The Kier molecular flexibility index (Phi) is 3.74. The minimum absolute atomic E-state index is 0.0158. The first-order valence-corrected chi connectivity index (χ1v) is 5.77. The Hall–Kier alpha value is -1.13. The second kappa shape index (κ2) is 5.27. The van der Waals surface area contributed by atoms with Crippen LogP contribution in [0, 0.1) is 5.92 Å². The van der Waals surface area contributed by atoms with Crippen molar-refractivity contribution in [2.24, 2.45) is 5.92 Å². The minimum atomic E-state index is 0.0158. The van der Waals surface area contributed by atoms with E-state index in [1.54, 1.807) is 18.3 Å². The van der Waals surface area contributed by atoms with Crippen LogP contribution in [0.25, 0.3) is 0 Å². The van der Waals surface area contributed by atoms with Crippen molar-refractivity contribution in [1.29, 1.82) is 0 Å². The molecule has 5 heteroatoms. The summed E-state index contributed by atoms with van der Waals surface area (Å²) < 4.78 is 0. The van der Waals surface area contributed by atoms with E-state index in [2.05, 4.69) is 15.6 Å². The van der Waals surface area contributed by atoms with E-state index in [0.29, 0.717) is 10.8 Å². The van der Waals surface area contributed by atoms with Crippen LogP contribution in [0.1, 0.15) is 12.8 Å². The van der Waals surface area contributed by atoms with Gasteiger partial charge in [0.15, 0.2) is 5.15 Å². The second-order valence-corrected chi connectivity index (χ2v) is 4.23. The van der Waals surface area contributed by atoms with Crippen molar-refractivity contribution in [1.82, 2.24) is 10.3 Å². The summed E-state index contributed by atoms with van der Waals surface area (Å²) in [6.45, 7) is 1.74. The zero-order valence-electron chi connectivity index (χ0n) is 8.87. The molecule has 16 heavy (non-hydrogen) atoms. The lowest BCUT2D eigenvalue weighted by atomic mass is 9.99. The summed E-state index contributed by atoms with van der Waals surface area (Å²) in [5, 5.41) is 6.35. The Bertz CT molecular complexity index is 377. The van der Waals surface area contributed by atoms with Crippen LogP contribution in [0.15, 0.2) is 18.3 Å². The summed E-state index contributed by atoms with van der Waals surface area (Å²) in [4.78, 5) is 15.8. The van der Waals surface area contributed by atoms with Crippen LogP contribution in [0.3, 0.4) is 0 Å². The van der Waals surface area contributed by atoms with Crippen molar-refractivity contribution >= 4 is 23.2 Å². The number of pyridine rings is 1. The number of hydrogen-bond donors (Lipinski definition) is 2. The maximum Gasteiger partial charge on any atom is 0.228 e. The highest BCUT2D eigenvalue weighted by atomic mass is 35.5. The zero-order valence-corrected chi connectivity index (χ0v) is 9.63. The molecule has 2 heterocycles. The Balaban J connectivity index is 1.99. The topological polar surface area (TPSA) is 54.0 Å². The molecule has 1 aromatic rings. The third kappa shape index (κ3) is 2.71. The van der Waals surface area contributed by atoms with Crippen LogP contribution >= 0.6 is 11.6 Å². The van der Waals surface area contributed by atoms with Gasteiger partial charge in [-0.3, -0.25) is 4.79 Å². The molecule has 1 atom stereocenters. The van der Waals surface area contributed by atoms with Gasteiger partial charge in [0.1, 0.15) is 0 Å². The molecule has 86 valence electrons. The molecule has 4 nitrogen and oxygen atoms in total. The molecule has 1 fully saturated rings. The lowest BCUT2D eigenvalue weighted by Gasteiger charge is -2.21. The molecular weight excluding hydrogens is 226 g/mol. The summed E-state index contributed by atoms with van der Waals surface area (Å²) in [5.41, 5.74) is 0.583. The fourth-order valence-corrected chi connectivity index (χ4v) is 1.96. The quantitative estimate of drug-likeness (QED) is 0.772. The minimum Gasteiger partial charge on any atom is -0.323 e. The van der Waals surface area contributed by atoms with Crippen LogP contribution < -0.4 is 10.6 Å². The van der Waals surface area contributed by atoms with Crippen molar-refractivity contribution in [2.45, 2.75) is 12.8 Å². The fourth-order valence-electron chi connectivity index (χ4n) is 1.79. The van der Waals surface area contributed by atoms with Crippen molar-refractivity contribution in [3.63, 3.8) is 0 Å². The number of rotatable bonds is 2. The van der Waals surface area contributed by atoms with Crippen LogP contribution in [0.4, 0.5) is 5.69 Å². The van der Waals surface area contributed by atoms with E-state index in [9.17, 15) is 4.79 Å². The SMILES string of the molecule is O=C(Nc1cccnc1Cl)[C@@H]1CCCNC1. The monoisotopic (exact) mass is 239 g/mol. The molecule has 1 aromatic heterocycles. The van der Waals surface area contributed by atoms with Crippen LogP contribution in [-0.4, -0.2) is 24.0 Å². The first kappa shape index (κ1) is 11.4. The number of hydrogen-bond acceptors (Lipinski definition) is 3. The summed E-state index contributed by atoms with van der Waals surface area (Å²) in [6.07, 6.45) is 3.57. The Morgan fingerprint density at radius 1 is 1.62 bits per heavy atom. The van der Waals surface area contributed by atoms with Crippen LogP contribution in [0.2, 0.25) is 5.15 Å². The summed E-state index contributed by atoms with van der Waals surface area (Å²) in [5.74, 6) is 0.0483. The second-order valence-electron chi connectivity index (χ2n) is 3.87. The fraction of sp³-hybridized carbons (Fsp3) is 0.455. The first-order chi connectivity index (χ1) is 7.77. The van der Waals surface area contributed by atoms with E-state index in [1.165, 1.54) is 0 Å². The van der Waals surface area contributed by atoms with Gasteiger partial charge in [0, 0.05) is 12.7 Å². The maximum atomic E-state index is 11.9. The summed E-state index contributed by atoms with van der Waals surface area (Å²) in [7, 11) is 0. The number of piperidine rings is 1. The van der Waals surface area contributed by atoms with Gasteiger partial charge < -0.3 is 10.6 Å². The van der Waals surface area contributed by atoms with E-state index in [1.807, 2.05) is 0 Å². The molecule has 1 saturated heterocycles. The Morgan fingerprint density at radius 3 is 3.19 bits per heavy atom. The van der Waals surface area contributed by atoms with Gasteiger partial charge in [-0.2, -0.15) is 0 Å². The largest absolute Gasteiger partial charge is 0.323 e. The lowest BCUT2D eigenvalue weighted by Crippen LogP contribution is -2.37. The molecule has 0 bridgehead atoms. The van der Waals surface area contributed by atoms with Gasteiger partial charge in [0.2, 0.25) is 5.91 Å². The molecule has 0 spiro atoms. The highest BCUT2D eigenvalue weighted by molar-refractivity contribution is 6.32. The zero-order chi connectivity index (χ0) is 11.4. The smallest absolute Gasteiger partial charge is 0.228 e. The molecule has 0 aliphatic carbocycles. The molecular formula is C11H14ClN3O. The predicted octanol–water partition coefficient (Wildman–Crippen LogP) is 1.67. The van der Waals surface area contributed by atoms with Crippen molar-refractivity contribution in [3.8, 4) is 0 Å². The maximum absolute atomic E-state index is 11.9. The molecule has 0 unspecified atom stereocenters. The highest BCUT2D eigenvalue weighted by Gasteiger charge is 2.21. The van der Waals surface area contributed by atoms with Crippen molar-refractivity contribution in [2.75, 3.05) is 18.4 Å². The van der Waals surface area contributed by atoms with Gasteiger partial charge in [0.25, 0.3) is 0 Å². The summed E-state index contributed by atoms with van der Waals surface area (Å²) >= 11 is 5.87. The van der Waals surface area contributed by atoms with Gasteiger partial charge in [-0.25, -0.2) is 4.98 Å². The highest BCUT2D eigenvalue weighted by Crippen LogP contribution is 2.19. The number of carbonyl (C=O) groups excluding carboxylic acids is 1. The predicted molar refractivity (Wildman–Crippen MR) is 63.5 cm³/mol. The lowest BCUT2D eigenvalue weighted by molar-refractivity contribution is -0.120. The normalized spacial score (nSPS) is 20.4. The third-order valence-corrected chi connectivity index (χ3v) is 2.99.